The van der Waals surface area contributed by atoms with Gasteiger partial charge in [0, 0.05) is 7.05 Å². The van der Waals surface area contributed by atoms with Crippen LogP contribution in [0.2, 0.25) is 0 Å². The number of nitrogen functional groups attached to an aromatic ring is 1. The van der Waals surface area contributed by atoms with E-state index >= 15 is 0 Å². The molecule has 0 spiro atoms. The Kier molecular flexibility index (Phi) is 3.61. The summed E-state index contributed by atoms with van der Waals surface area (Å²) in [6.45, 7) is 4.05. The van der Waals surface area contributed by atoms with E-state index in [2.05, 4.69) is 21.0 Å². The van der Waals surface area contributed by atoms with Gasteiger partial charge in [0.1, 0.15) is 11.4 Å². The van der Waals surface area contributed by atoms with Crippen LogP contribution in [0.4, 0.5) is 5.69 Å². The minimum atomic E-state index is 0.580. The molecule has 1 aromatic carbocycles. The summed E-state index contributed by atoms with van der Waals surface area (Å²) < 4.78 is 8.41. The highest BCUT2D eigenvalue weighted by atomic mass is 79.9. The number of benzene rings is 1. The fraction of sp³-hybridized carbons (Fsp3) is 0.308. The fourth-order valence-corrected chi connectivity index (χ4v) is 2.33. The molecule has 0 saturated heterocycles. The maximum atomic E-state index is 6.02. The van der Waals surface area contributed by atoms with E-state index in [4.69, 9.17) is 10.5 Å². The minimum absolute atomic E-state index is 0.580. The van der Waals surface area contributed by atoms with Crippen LogP contribution in [0.5, 0.6) is 11.6 Å². The van der Waals surface area contributed by atoms with Crippen LogP contribution in [-0.2, 0) is 13.5 Å². The summed E-state index contributed by atoms with van der Waals surface area (Å²) in [6, 6.07) is 5.91. The van der Waals surface area contributed by atoms with Crippen LogP contribution in [0.25, 0.3) is 0 Å². The Morgan fingerprint density at radius 1 is 1.44 bits per heavy atom. The lowest BCUT2D eigenvalue weighted by Gasteiger charge is -2.09. The summed E-state index contributed by atoms with van der Waals surface area (Å²) in [6.07, 6.45) is 0.790. The Bertz CT molecular complexity index is 578. The highest BCUT2D eigenvalue weighted by Gasteiger charge is 2.15. The van der Waals surface area contributed by atoms with Gasteiger partial charge in [0.2, 0.25) is 5.88 Å². The first-order chi connectivity index (χ1) is 8.52. The molecule has 2 rings (SSSR count). The summed E-state index contributed by atoms with van der Waals surface area (Å²) in [5.74, 6) is 1.31. The van der Waals surface area contributed by atoms with Crippen molar-refractivity contribution in [3.8, 4) is 11.6 Å². The summed E-state index contributed by atoms with van der Waals surface area (Å²) in [4.78, 5) is 0. The lowest BCUT2D eigenvalue weighted by Crippen LogP contribution is -1.97. The summed E-state index contributed by atoms with van der Waals surface area (Å²) >= 11 is 3.48. The molecule has 0 amide bonds. The molecular formula is C13H16BrN3O. The van der Waals surface area contributed by atoms with Crippen molar-refractivity contribution in [2.75, 3.05) is 5.73 Å². The summed E-state index contributed by atoms with van der Waals surface area (Å²) in [5.41, 5.74) is 8.65. The van der Waals surface area contributed by atoms with E-state index in [0.717, 1.165) is 22.3 Å². The van der Waals surface area contributed by atoms with Crippen LogP contribution >= 0.6 is 15.9 Å². The number of aromatic nitrogens is 2. The van der Waals surface area contributed by atoms with Crippen LogP contribution in [0.15, 0.2) is 22.7 Å². The van der Waals surface area contributed by atoms with Gasteiger partial charge in [-0.15, -0.1) is 0 Å². The molecule has 4 nitrogen and oxygen atoms in total. The lowest BCUT2D eigenvalue weighted by atomic mass is 10.2. The van der Waals surface area contributed by atoms with Gasteiger partial charge in [0.05, 0.1) is 10.2 Å². The molecule has 0 atom stereocenters. The van der Waals surface area contributed by atoms with Gasteiger partial charge in [-0.1, -0.05) is 13.0 Å². The van der Waals surface area contributed by atoms with Crippen LogP contribution in [0.1, 0.15) is 18.2 Å². The third kappa shape index (κ3) is 2.36. The monoisotopic (exact) mass is 309 g/mol. The maximum Gasteiger partial charge on any atom is 0.241 e. The second kappa shape index (κ2) is 5.02. The molecule has 96 valence electrons. The molecule has 1 heterocycles. The number of nitrogens with zero attached hydrogens (tertiary/aromatic N) is 2. The van der Waals surface area contributed by atoms with Crippen molar-refractivity contribution in [1.29, 1.82) is 0 Å². The molecule has 5 heteroatoms. The zero-order chi connectivity index (χ0) is 13.3. The molecule has 0 fully saturated rings. The predicted octanol–water partition coefficient (Wildman–Crippen LogP) is 3.43. The Morgan fingerprint density at radius 3 is 2.72 bits per heavy atom. The quantitative estimate of drug-likeness (QED) is 0.945. The zero-order valence-corrected chi connectivity index (χ0v) is 12.3. The number of nitrogens with two attached hydrogens (primary N) is 1. The molecule has 0 bridgehead atoms. The first kappa shape index (κ1) is 13.0. The molecular weight excluding hydrogens is 294 g/mol. The second-order valence-electron chi connectivity index (χ2n) is 4.18. The number of aryl methyl sites for hydroxylation is 3. The number of hydrogen-bond donors (Lipinski definition) is 1. The average molecular weight is 310 g/mol. The first-order valence-electron chi connectivity index (χ1n) is 5.78. The standard InChI is InChI=1S/C13H16BrN3O/c1-4-10-12(15)13(17(3)16-10)18-11-6-5-8(2)7-9(11)14/h5-7H,4,15H2,1-3H3. The summed E-state index contributed by atoms with van der Waals surface area (Å²) in [5, 5.41) is 4.32. The molecule has 2 aromatic rings. The SMILES string of the molecule is CCc1nn(C)c(Oc2ccc(C)cc2Br)c1N. The van der Waals surface area contributed by atoms with Crippen LogP contribution in [-0.4, -0.2) is 9.78 Å². The maximum absolute atomic E-state index is 6.02. The largest absolute Gasteiger partial charge is 0.436 e. The Labute approximate surface area is 115 Å². The average Bonchev–Trinajstić information content (AvgIpc) is 2.59. The topological polar surface area (TPSA) is 53.1 Å². The summed E-state index contributed by atoms with van der Waals surface area (Å²) in [7, 11) is 1.83. The third-order valence-corrected chi connectivity index (χ3v) is 3.35. The van der Waals surface area contributed by atoms with Crippen LogP contribution < -0.4 is 10.5 Å². The van der Waals surface area contributed by atoms with Gasteiger partial charge >= 0.3 is 0 Å². The Balaban J connectivity index is 2.37. The lowest BCUT2D eigenvalue weighted by molar-refractivity contribution is 0.430. The molecule has 18 heavy (non-hydrogen) atoms. The smallest absolute Gasteiger partial charge is 0.241 e. The van der Waals surface area contributed by atoms with Crippen molar-refractivity contribution in [2.45, 2.75) is 20.3 Å². The van der Waals surface area contributed by atoms with Gasteiger partial charge in [-0.2, -0.15) is 5.10 Å². The minimum Gasteiger partial charge on any atom is -0.436 e. The van der Waals surface area contributed by atoms with E-state index in [0.29, 0.717) is 11.6 Å². The van der Waals surface area contributed by atoms with Crippen LogP contribution in [0.3, 0.4) is 0 Å². The van der Waals surface area contributed by atoms with Crippen molar-refractivity contribution in [1.82, 2.24) is 9.78 Å². The van der Waals surface area contributed by atoms with Gasteiger partial charge in [0.15, 0.2) is 0 Å². The van der Waals surface area contributed by atoms with Gasteiger partial charge < -0.3 is 10.5 Å². The fourth-order valence-electron chi connectivity index (χ4n) is 1.75. The molecule has 0 aliphatic carbocycles. The van der Waals surface area contributed by atoms with Crippen molar-refractivity contribution < 1.29 is 4.74 Å². The molecule has 1 aromatic heterocycles. The first-order valence-corrected chi connectivity index (χ1v) is 6.57. The van der Waals surface area contributed by atoms with E-state index in [1.54, 1.807) is 4.68 Å². The Morgan fingerprint density at radius 2 is 2.17 bits per heavy atom. The van der Waals surface area contributed by atoms with Gasteiger partial charge in [0.25, 0.3) is 0 Å². The molecule has 0 radical (unpaired) electrons. The Hall–Kier alpha value is -1.49. The zero-order valence-electron chi connectivity index (χ0n) is 10.7. The van der Waals surface area contributed by atoms with E-state index in [1.165, 1.54) is 5.56 Å². The second-order valence-corrected chi connectivity index (χ2v) is 5.03. The number of ether oxygens (including phenoxy) is 1. The number of hydrogen-bond acceptors (Lipinski definition) is 3. The van der Waals surface area contributed by atoms with Crippen molar-refractivity contribution >= 4 is 21.6 Å². The predicted molar refractivity (Wildman–Crippen MR) is 76.0 cm³/mol. The highest BCUT2D eigenvalue weighted by Crippen LogP contribution is 2.34. The van der Waals surface area contributed by atoms with Crippen molar-refractivity contribution in [3.05, 3.63) is 33.9 Å². The van der Waals surface area contributed by atoms with Crippen molar-refractivity contribution in [2.24, 2.45) is 7.05 Å². The van der Waals surface area contributed by atoms with Crippen molar-refractivity contribution in [3.63, 3.8) is 0 Å². The molecule has 0 saturated carbocycles. The molecule has 0 aliphatic heterocycles. The van der Waals surface area contributed by atoms with Gasteiger partial charge in [-0.25, -0.2) is 4.68 Å². The van der Waals surface area contributed by atoms with Gasteiger partial charge in [-0.3, -0.25) is 0 Å². The number of anilines is 1. The molecule has 0 unspecified atom stereocenters. The highest BCUT2D eigenvalue weighted by molar-refractivity contribution is 9.10. The van der Waals surface area contributed by atoms with Crippen LogP contribution in [0, 0.1) is 6.92 Å². The number of halogens is 1. The molecule has 2 N–H and O–H groups in total. The van der Waals surface area contributed by atoms with E-state index in [9.17, 15) is 0 Å². The normalized spacial score (nSPS) is 10.7. The third-order valence-electron chi connectivity index (χ3n) is 2.73. The van der Waals surface area contributed by atoms with Gasteiger partial charge in [-0.05, 0) is 47.0 Å². The van der Waals surface area contributed by atoms with E-state index in [-0.39, 0.29) is 0 Å². The number of rotatable bonds is 3. The molecule has 0 aliphatic rings. The van der Waals surface area contributed by atoms with E-state index < -0.39 is 0 Å². The van der Waals surface area contributed by atoms with E-state index in [1.807, 2.05) is 39.1 Å².